The molecule has 0 unspecified atom stereocenters. The lowest BCUT2D eigenvalue weighted by molar-refractivity contribution is 0.834. The fraction of sp³-hybridized carbons (Fsp3) is 0.273. The molecule has 0 saturated heterocycles. The number of nitrogen functional groups attached to an aromatic ring is 1. The van der Waals surface area contributed by atoms with Gasteiger partial charge in [0.25, 0.3) is 0 Å². The second-order valence-electron chi connectivity index (χ2n) is 3.67. The number of aromatic nitrogens is 2. The van der Waals surface area contributed by atoms with Gasteiger partial charge in [0.15, 0.2) is 0 Å². The van der Waals surface area contributed by atoms with Crippen molar-refractivity contribution in [3.8, 4) is 10.6 Å². The lowest BCUT2D eigenvalue weighted by Gasteiger charge is -2.00. The van der Waals surface area contributed by atoms with Gasteiger partial charge in [0.1, 0.15) is 10.8 Å². The zero-order valence-corrected chi connectivity index (χ0v) is 9.58. The molecule has 0 radical (unpaired) electrons. The van der Waals surface area contributed by atoms with Crippen LogP contribution in [0.1, 0.15) is 25.5 Å². The quantitative estimate of drug-likeness (QED) is 0.845. The third-order valence-electron chi connectivity index (χ3n) is 2.18. The van der Waals surface area contributed by atoms with Gasteiger partial charge in [0.2, 0.25) is 0 Å². The Morgan fingerprint density at radius 3 is 2.80 bits per heavy atom. The molecule has 0 aromatic carbocycles. The molecule has 78 valence electrons. The Morgan fingerprint density at radius 1 is 1.40 bits per heavy atom. The third-order valence-corrected chi connectivity index (χ3v) is 3.08. The molecule has 0 atom stereocenters. The Morgan fingerprint density at radius 2 is 2.20 bits per heavy atom. The fourth-order valence-electron chi connectivity index (χ4n) is 1.27. The first-order valence-corrected chi connectivity index (χ1v) is 5.72. The van der Waals surface area contributed by atoms with E-state index in [9.17, 15) is 0 Å². The van der Waals surface area contributed by atoms with Crippen molar-refractivity contribution < 1.29 is 0 Å². The van der Waals surface area contributed by atoms with E-state index in [0.29, 0.717) is 11.7 Å². The molecular formula is C11H13N3S. The highest BCUT2D eigenvalue weighted by Gasteiger charge is 2.09. The molecular weight excluding hydrogens is 206 g/mol. The van der Waals surface area contributed by atoms with Crippen LogP contribution < -0.4 is 5.73 Å². The number of anilines is 1. The van der Waals surface area contributed by atoms with Crippen LogP contribution in [0.4, 0.5) is 5.82 Å². The summed E-state index contributed by atoms with van der Waals surface area (Å²) < 4.78 is 0. The molecule has 0 saturated carbocycles. The summed E-state index contributed by atoms with van der Waals surface area (Å²) in [6, 6.07) is 3.83. The van der Waals surface area contributed by atoms with Crippen molar-refractivity contribution in [1.29, 1.82) is 0 Å². The molecule has 4 heteroatoms. The van der Waals surface area contributed by atoms with Gasteiger partial charge < -0.3 is 5.73 Å². The average molecular weight is 219 g/mol. The number of hydrogen-bond donors (Lipinski definition) is 1. The zero-order valence-electron chi connectivity index (χ0n) is 8.77. The molecule has 0 spiro atoms. The van der Waals surface area contributed by atoms with Crippen LogP contribution in [-0.2, 0) is 0 Å². The van der Waals surface area contributed by atoms with Crippen LogP contribution in [0.3, 0.4) is 0 Å². The summed E-state index contributed by atoms with van der Waals surface area (Å²) in [5, 5.41) is 3.02. The summed E-state index contributed by atoms with van der Waals surface area (Å²) in [5.41, 5.74) is 7.83. The monoisotopic (exact) mass is 219 g/mol. The Kier molecular flexibility index (Phi) is 2.68. The van der Waals surface area contributed by atoms with Gasteiger partial charge in [-0.05, 0) is 18.1 Å². The van der Waals surface area contributed by atoms with Crippen molar-refractivity contribution in [1.82, 2.24) is 9.97 Å². The third kappa shape index (κ3) is 1.99. The molecule has 15 heavy (non-hydrogen) atoms. The number of thiazole rings is 1. The van der Waals surface area contributed by atoms with E-state index < -0.39 is 0 Å². The number of nitrogens with two attached hydrogens (primary N) is 1. The van der Waals surface area contributed by atoms with Crippen LogP contribution in [0.2, 0.25) is 0 Å². The van der Waals surface area contributed by atoms with Crippen molar-refractivity contribution in [3.05, 3.63) is 29.4 Å². The number of pyridine rings is 1. The van der Waals surface area contributed by atoms with Crippen molar-refractivity contribution in [2.45, 2.75) is 19.8 Å². The Hall–Kier alpha value is -1.42. The molecule has 2 N–H and O–H groups in total. The molecule has 2 aromatic rings. The number of hydrogen-bond acceptors (Lipinski definition) is 4. The van der Waals surface area contributed by atoms with Gasteiger partial charge in [-0.2, -0.15) is 0 Å². The first-order chi connectivity index (χ1) is 7.18. The average Bonchev–Trinajstić information content (AvgIpc) is 2.67. The smallest absolute Gasteiger partial charge is 0.133 e. The Labute approximate surface area is 93.0 Å². The minimum Gasteiger partial charge on any atom is -0.383 e. The molecule has 0 fully saturated rings. The van der Waals surface area contributed by atoms with Gasteiger partial charge in [-0.25, -0.2) is 9.97 Å². The van der Waals surface area contributed by atoms with Crippen LogP contribution in [0.5, 0.6) is 0 Å². The largest absolute Gasteiger partial charge is 0.383 e. The standard InChI is InChI=1S/C11H13N3S/c1-7(2)9-6-15-11(14-9)8-4-3-5-13-10(8)12/h3-7H,1-2H3,(H2,12,13). The fourth-order valence-corrected chi connectivity index (χ4v) is 2.29. The lowest BCUT2D eigenvalue weighted by Crippen LogP contribution is -1.93. The summed E-state index contributed by atoms with van der Waals surface area (Å²) in [5.74, 6) is 0.995. The SMILES string of the molecule is CC(C)c1csc(-c2cccnc2N)n1. The maximum atomic E-state index is 5.79. The summed E-state index contributed by atoms with van der Waals surface area (Å²) >= 11 is 1.61. The molecule has 0 aliphatic rings. The van der Waals surface area contributed by atoms with Crippen molar-refractivity contribution in [2.24, 2.45) is 0 Å². The van der Waals surface area contributed by atoms with E-state index in [1.807, 2.05) is 12.1 Å². The molecule has 0 aliphatic carbocycles. The van der Waals surface area contributed by atoms with Gasteiger partial charge in [0, 0.05) is 11.6 Å². The second-order valence-corrected chi connectivity index (χ2v) is 4.53. The number of rotatable bonds is 2. The van der Waals surface area contributed by atoms with Crippen LogP contribution in [0.15, 0.2) is 23.7 Å². The summed E-state index contributed by atoms with van der Waals surface area (Å²) in [4.78, 5) is 8.59. The maximum absolute atomic E-state index is 5.79. The van der Waals surface area contributed by atoms with Gasteiger partial charge in [-0.15, -0.1) is 11.3 Å². The first-order valence-electron chi connectivity index (χ1n) is 4.84. The van der Waals surface area contributed by atoms with Crippen LogP contribution in [0, 0.1) is 0 Å². The van der Waals surface area contributed by atoms with E-state index in [-0.39, 0.29) is 0 Å². The molecule has 0 aliphatic heterocycles. The Balaban J connectivity index is 2.42. The van der Waals surface area contributed by atoms with Gasteiger partial charge >= 0.3 is 0 Å². The van der Waals surface area contributed by atoms with Gasteiger partial charge in [-0.1, -0.05) is 13.8 Å². The van der Waals surface area contributed by atoms with E-state index in [1.165, 1.54) is 0 Å². The van der Waals surface area contributed by atoms with Crippen molar-refractivity contribution in [3.63, 3.8) is 0 Å². The predicted octanol–water partition coefficient (Wildman–Crippen LogP) is 2.91. The molecule has 2 rings (SSSR count). The van der Waals surface area contributed by atoms with Crippen molar-refractivity contribution in [2.75, 3.05) is 5.73 Å². The highest BCUT2D eigenvalue weighted by molar-refractivity contribution is 7.13. The van der Waals surface area contributed by atoms with E-state index in [1.54, 1.807) is 17.5 Å². The van der Waals surface area contributed by atoms with Crippen LogP contribution >= 0.6 is 11.3 Å². The zero-order chi connectivity index (χ0) is 10.8. The van der Waals surface area contributed by atoms with E-state index in [2.05, 4.69) is 29.2 Å². The maximum Gasteiger partial charge on any atom is 0.133 e. The van der Waals surface area contributed by atoms with E-state index >= 15 is 0 Å². The van der Waals surface area contributed by atoms with Crippen molar-refractivity contribution >= 4 is 17.2 Å². The summed E-state index contributed by atoms with van der Waals surface area (Å²) in [6.07, 6.45) is 1.69. The van der Waals surface area contributed by atoms with Gasteiger partial charge in [0.05, 0.1) is 11.3 Å². The second kappa shape index (κ2) is 3.98. The molecule has 0 amide bonds. The Bertz CT molecular complexity index is 462. The highest BCUT2D eigenvalue weighted by Crippen LogP contribution is 2.29. The summed E-state index contributed by atoms with van der Waals surface area (Å²) in [7, 11) is 0. The minimum atomic E-state index is 0.452. The summed E-state index contributed by atoms with van der Waals surface area (Å²) in [6.45, 7) is 4.26. The number of nitrogens with zero attached hydrogens (tertiary/aromatic N) is 2. The van der Waals surface area contributed by atoms with Crippen LogP contribution in [-0.4, -0.2) is 9.97 Å². The van der Waals surface area contributed by atoms with E-state index in [0.717, 1.165) is 16.3 Å². The highest BCUT2D eigenvalue weighted by atomic mass is 32.1. The molecule has 0 bridgehead atoms. The molecule has 3 nitrogen and oxygen atoms in total. The first kappa shape index (κ1) is 10.1. The lowest BCUT2D eigenvalue weighted by atomic mass is 10.2. The van der Waals surface area contributed by atoms with Gasteiger partial charge in [-0.3, -0.25) is 0 Å². The van der Waals surface area contributed by atoms with E-state index in [4.69, 9.17) is 5.73 Å². The molecule has 2 aromatic heterocycles. The predicted molar refractivity (Wildman–Crippen MR) is 63.8 cm³/mol. The van der Waals surface area contributed by atoms with Crippen LogP contribution in [0.25, 0.3) is 10.6 Å². The minimum absolute atomic E-state index is 0.452. The normalized spacial score (nSPS) is 10.9. The topological polar surface area (TPSA) is 51.8 Å². The molecule has 2 heterocycles.